The molecule has 2 rings (SSSR count). The second kappa shape index (κ2) is 10.9. The van der Waals surface area contributed by atoms with Gasteiger partial charge in [0, 0.05) is 24.0 Å². The second-order valence-electron chi connectivity index (χ2n) is 7.13. The first-order valence-electron chi connectivity index (χ1n) is 9.79. The fourth-order valence-electron chi connectivity index (χ4n) is 2.87. The maximum Gasteiger partial charge on any atom is 0.242 e. The Bertz CT molecular complexity index is 762. The van der Waals surface area contributed by atoms with Gasteiger partial charge >= 0.3 is 0 Å². The van der Waals surface area contributed by atoms with E-state index >= 15 is 0 Å². The zero-order chi connectivity index (χ0) is 20.5. The summed E-state index contributed by atoms with van der Waals surface area (Å²) < 4.78 is 0. The summed E-state index contributed by atoms with van der Waals surface area (Å²) in [6.07, 6.45) is 1.85. The number of halogens is 1. The highest BCUT2D eigenvalue weighted by atomic mass is 35.5. The molecular formula is C23H29ClN2O2. The van der Waals surface area contributed by atoms with E-state index in [-0.39, 0.29) is 17.9 Å². The van der Waals surface area contributed by atoms with Crippen LogP contribution in [-0.4, -0.2) is 28.8 Å². The molecule has 0 saturated carbocycles. The van der Waals surface area contributed by atoms with Crippen molar-refractivity contribution < 1.29 is 9.59 Å². The summed E-state index contributed by atoms with van der Waals surface area (Å²) in [6, 6.07) is 16.8. The molecular weight excluding hydrogens is 372 g/mol. The Hall–Kier alpha value is -2.33. The third kappa shape index (κ3) is 6.68. The molecule has 0 aliphatic rings. The smallest absolute Gasteiger partial charge is 0.242 e. The SMILES string of the molecule is CC[C@H](C)NC(=O)[C@@H](C)N(Cc1ccc(Cl)cc1)C(=O)CCc1ccccc1. The van der Waals surface area contributed by atoms with Crippen LogP contribution in [0.25, 0.3) is 0 Å². The lowest BCUT2D eigenvalue weighted by molar-refractivity contribution is -0.140. The van der Waals surface area contributed by atoms with Crippen LogP contribution >= 0.6 is 11.6 Å². The Labute approximate surface area is 172 Å². The average Bonchev–Trinajstić information content (AvgIpc) is 2.71. The lowest BCUT2D eigenvalue weighted by Gasteiger charge is -2.30. The molecule has 2 amide bonds. The van der Waals surface area contributed by atoms with Crippen molar-refractivity contribution >= 4 is 23.4 Å². The van der Waals surface area contributed by atoms with Crippen molar-refractivity contribution in [1.29, 1.82) is 0 Å². The van der Waals surface area contributed by atoms with E-state index in [1.807, 2.05) is 56.3 Å². The van der Waals surface area contributed by atoms with Gasteiger partial charge < -0.3 is 10.2 Å². The van der Waals surface area contributed by atoms with Crippen LogP contribution in [0.3, 0.4) is 0 Å². The number of rotatable bonds is 9. The maximum absolute atomic E-state index is 13.0. The molecule has 0 saturated heterocycles. The topological polar surface area (TPSA) is 49.4 Å². The Balaban J connectivity index is 2.12. The highest BCUT2D eigenvalue weighted by Crippen LogP contribution is 2.15. The van der Waals surface area contributed by atoms with E-state index in [2.05, 4.69) is 5.32 Å². The minimum absolute atomic E-state index is 0.0365. The number of benzene rings is 2. The number of nitrogens with one attached hydrogen (secondary N) is 1. The zero-order valence-corrected chi connectivity index (χ0v) is 17.6. The van der Waals surface area contributed by atoms with Gasteiger partial charge in [-0.1, -0.05) is 61.0 Å². The van der Waals surface area contributed by atoms with Crippen molar-refractivity contribution in [2.75, 3.05) is 0 Å². The van der Waals surface area contributed by atoms with Gasteiger partial charge in [0.2, 0.25) is 11.8 Å². The molecule has 1 N–H and O–H groups in total. The molecule has 2 aromatic rings. The molecule has 0 bridgehead atoms. The summed E-state index contributed by atoms with van der Waals surface area (Å²) in [4.78, 5) is 27.3. The largest absolute Gasteiger partial charge is 0.352 e. The van der Waals surface area contributed by atoms with Crippen LogP contribution in [0.5, 0.6) is 0 Å². The first kappa shape index (κ1) is 22.0. The summed E-state index contributed by atoms with van der Waals surface area (Å²) in [7, 11) is 0. The Kier molecular flexibility index (Phi) is 8.52. The summed E-state index contributed by atoms with van der Waals surface area (Å²) in [5.74, 6) is -0.165. The van der Waals surface area contributed by atoms with Gasteiger partial charge in [0.05, 0.1) is 0 Å². The standard InChI is InChI=1S/C23H29ClN2O2/c1-4-17(2)25-23(28)18(3)26(16-20-10-13-21(24)14-11-20)22(27)15-12-19-8-6-5-7-9-19/h5-11,13-14,17-18H,4,12,15-16H2,1-3H3,(H,25,28)/t17-,18+/m0/s1. The molecule has 2 aromatic carbocycles. The molecule has 0 unspecified atom stereocenters. The predicted octanol–water partition coefficient (Wildman–Crippen LogP) is 4.60. The molecule has 4 nitrogen and oxygen atoms in total. The fourth-order valence-corrected chi connectivity index (χ4v) is 3.00. The van der Waals surface area contributed by atoms with E-state index in [0.717, 1.165) is 17.5 Å². The van der Waals surface area contributed by atoms with Gasteiger partial charge in [-0.05, 0) is 49.9 Å². The van der Waals surface area contributed by atoms with Gasteiger partial charge in [0.15, 0.2) is 0 Å². The Morgan fingerprint density at radius 2 is 1.64 bits per heavy atom. The quantitative estimate of drug-likeness (QED) is 0.668. The molecule has 0 aliphatic heterocycles. The number of amides is 2. The van der Waals surface area contributed by atoms with Gasteiger partial charge in [-0.3, -0.25) is 9.59 Å². The van der Waals surface area contributed by atoms with Crippen molar-refractivity contribution in [3.05, 3.63) is 70.7 Å². The van der Waals surface area contributed by atoms with E-state index in [1.165, 1.54) is 0 Å². The predicted molar refractivity (Wildman–Crippen MR) is 114 cm³/mol. The molecule has 2 atom stereocenters. The first-order valence-corrected chi connectivity index (χ1v) is 10.2. The molecule has 0 aliphatic carbocycles. The average molecular weight is 401 g/mol. The number of carbonyl (C=O) groups is 2. The van der Waals surface area contributed by atoms with Crippen LogP contribution < -0.4 is 5.32 Å². The van der Waals surface area contributed by atoms with Crippen molar-refractivity contribution in [3.63, 3.8) is 0 Å². The van der Waals surface area contributed by atoms with E-state index in [4.69, 9.17) is 11.6 Å². The van der Waals surface area contributed by atoms with Gasteiger partial charge in [-0.2, -0.15) is 0 Å². The number of hydrogen-bond donors (Lipinski definition) is 1. The van der Waals surface area contributed by atoms with E-state index in [0.29, 0.717) is 24.4 Å². The molecule has 0 heterocycles. The van der Waals surface area contributed by atoms with Crippen LogP contribution in [0, 0.1) is 0 Å². The van der Waals surface area contributed by atoms with E-state index in [9.17, 15) is 9.59 Å². The zero-order valence-electron chi connectivity index (χ0n) is 16.8. The highest BCUT2D eigenvalue weighted by Gasteiger charge is 2.26. The minimum Gasteiger partial charge on any atom is -0.352 e. The summed E-state index contributed by atoms with van der Waals surface area (Å²) in [5, 5.41) is 3.63. The minimum atomic E-state index is -0.548. The number of hydrogen-bond acceptors (Lipinski definition) is 2. The summed E-state index contributed by atoms with van der Waals surface area (Å²) in [5.41, 5.74) is 2.06. The van der Waals surface area contributed by atoms with E-state index in [1.54, 1.807) is 24.0 Å². The van der Waals surface area contributed by atoms with Crippen molar-refractivity contribution in [2.45, 2.75) is 58.7 Å². The highest BCUT2D eigenvalue weighted by molar-refractivity contribution is 6.30. The molecule has 5 heteroatoms. The van der Waals surface area contributed by atoms with Crippen molar-refractivity contribution in [1.82, 2.24) is 10.2 Å². The lowest BCUT2D eigenvalue weighted by atomic mass is 10.1. The van der Waals surface area contributed by atoms with Crippen LogP contribution in [0.1, 0.15) is 44.7 Å². The Morgan fingerprint density at radius 3 is 2.25 bits per heavy atom. The van der Waals surface area contributed by atoms with Gasteiger partial charge in [0.25, 0.3) is 0 Å². The molecule has 28 heavy (non-hydrogen) atoms. The third-order valence-corrected chi connectivity index (χ3v) is 5.16. The number of nitrogens with zero attached hydrogens (tertiary/aromatic N) is 1. The monoisotopic (exact) mass is 400 g/mol. The van der Waals surface area contributed by atoms with Gasteiger partial charge in [0.1, 0.15) is 6.04 Å². The normalized spacial score (nSPS) is 12.9. The summed E-state index contributed by atoms with van der Waals surface area (Å²) in [6.45, 7) is 6.14. The Morgan fingerprint density at radius 1 is 1.00 bits per heavy atom. The molecule has 0 aromatic heterocycles. The first-order chi connectivity index (χ1) is 13.4. The van der Waals surface area contributed by atoms with Gasteiger partial charge in [-0.25, -0.2) is 0 Å². The molecule has 0 radical (unpaired) electrons. The van der Waals surface area contributed by atoms with Crippen LogP contribution in [0.15, 0.2) is 54.6 Å². The molecule has 150 valence electrons. The van der Waals surface area contributed by atoms with Crippen LogP contribution in [0.2, 0.25) is 5.02 Å². The third-order valence-electron chi connectivity index (χ3n) is 4.90. The second-order valence-corrected chi connectivity index (χ2v) is 7.56. The summed E-state index contributed by atoms with van der Waals surface area (Å²) >= 11 is 5.97. The number of aryl methyl sites for hydroxylation is 1. The fraction of sp³-hybridized carbons (Fsp3) is 0.391. The van der Waals surface area contributed by atoms with Crippen LogP contribution in [0.4, 0.5) is 0 Å². The van der Waals surface area contributed by atoms with E-state index < -0.39 is 6.04 Å². The number of carbonyl (C=O) groups excluding carboxylic acids is 2. The van der Waals surface area contributed by atoms with Crippen molar-refractivity contribution in [3.8, 4) is 0 Å². The molecule has 0 spiro atoms. The van der Waals surface area contributed by atoms with Gasteiger partial charge in [-0.15, -0.1) is 0 Å². The molecule has 0 fully saturated rings. The van der Waals surface area contributed by atoms with Crippen molar-refractivity contribution in [2.24, 2.45) is 0 Å². The maximum atomic E-state index is 13.0. The lowest BCUT2D eigenvalue weighted by Crippen LogP contribution is -2.49. The van der Waals surface area contributed by atoms with Crippen LogP contribution in [-0.2, 0) is 22.6 Å².